The van der Waals surface area contributed by atoms with Gasteiger partial charge in [-0.25, -0.2) is 4.98 Å². The lowest BCUT2D eigenvalue weighted by atomic mass is 10.2. The summed E-state index contributed by atoms with van der Waals surface area (Å²) in [6.07, 6.45) is 2.18. The molecule has 13 heteroatoms. The minimum Gasteiger partial charge on any atom is -0.618 e. The zero-order chi connectivity index (χ0) is 24.3. The van der Waals surface area contributed by atoms with Gasteiger partial charge in [0, 0.05) is 42.2 Å². The van der Waals surface area contributed by atoms with Crippen LogP contribution in [0.3, 0.4) is 0 Å². The molecule has 34 heavy (non-hydrogen) atoms. The lowest BCUT2D eigenvalue weighted by molar-refractivity contribution is -0.624. The summed E-state index contributed by atoms with van der Waals surface area (Å²) in [5.74, 6) is -3.83. The molecule has 0 spiro atoms. The molecule has 3 heterocycles. The largest absolute Gasteiger partial charge is 0.618 e. The van der Waals surface area contributed by atoms with E-state index >= 15 is 0 Å². The molecule has 0 saturated carbocycles. The average Bonchev–Trinajstić information content (AvgIpc) is 3.20. The summed E-state index contributed by atoms with van der Waals surface area (Å²) in [6, 6.07) is 9.06. The molecule has 0 aliphatic rings. The Bertz CT molecular complexity index is 1380. The summed E-state index contributed by atoms with van der Waals surface area (Å²) in [5, 5.41) is 25.8. The number of nitrogens with zero attached hydrogens (tertiary/aromatic N) is 4. The molecule has 4 rings (SSSR count). The van der Waals surface area contributed by atoms with Crippen molar-refractivity contribution in [3.05, 3.63) is 85.9 Å². The van der Waals surface area contributed by atoms with Crippen LogP contribution in [0.5, 0.6) is 0 Å². The third-order valence-corrected chi connectivity index (χ3v) is 5.63. The number of aromatic amines is 1. The van der Waals surface area contributed by atoms with Crippen molar-refractivity contribution >= 4 is 39.9 Å². The summed E-state index contributed by atoms with van der Waals surface area (Å²) in [5.41, 5.74) is 0.201. The molecular weight excluding hydrogens is 491 g/mol. The maximum atomic E-state index is 14.5. The zero-order valence-corrected chi connectivity index (χ0v) is 19.1. The van der Waals surface area contributed by atoms with Crippen LogP contribution in [0.15, 0.2) is 53.6 Å². The van der Waals surface area contributed by atoms with E-state index in [2.05, 4.69) is 25.8 Å². The summed E-state index contributed by atoms with van der Waals surface area (Å²) in [4.78, 5) is 16.6. The van der Waals surface area contributed by atoms with Gasteiger partial charge in [0.25, 0.3) is 11.3 Å². The highest BCUT2D eigenvalue weighted by Gasteiger charge is 2.39. The molecule has 4 aromatic rings. The number of benzene rings is 1. The number of pyridine rings is 1. The minimum absolute atomic E-state index is 0.0586. The molecule has 0 fully saturated rings. The van der Waals surface area contributed by atoms with Crippen LogP contribution >= 0.6 is 23.2 Å². The van der Waals surface area contributed by atoms with Gasteiger partial charge in [0.1, 0.15) is 5.15 Å². The van der Waals surface area contributed by atoms with E-state index in [1.165, 1.54) is 22.9 Å². The molecule has 0 radical (unpaired) electrons. The van der Waals surface area contributed by atoms with E-state index in [9.17, 15) is 18.8 Å². The predicted octanol–water partition coefficient (Wildman–Crippen LogP) is 3.05. The van der Waals surface area contributed by atoms with E-state index in [0.29, 0.717) is 18.1 Å². The first-order chi connectivity index (χ1) is 16.3. The molecule has 3 aromatic heterocycles. The van der Waals surface area contributed by atoms with E-state index in [1.54, 1.807) is 18.2 Å². The molecule has 9 nitrogen and oxygen atoms in total. The molecule has 0 saturated heterocycles. The molecule has 178 valence electrons. The number of halogens is 4. The monoisotopic (exact) mass is 509 g/mol. The van der Waals surface area contributed by atoms with Crippen molar-refractivity contribution in [2.75, 3.05) is 18.4 Å². The number of rotatable bonds is 9. The Morgan fingerprint density at radius 1 is 1.24 bits per heavy atom. The van der Waals surface area contributed by atoms with Gasteiger partial charge in [0.05, 0.1) is 24.0 Å². The van der Waals surface area contributed by atoms with Crippen LogP contribution in [0.4, 0.5) is 14.6 Å². The second-order valence-corrected chi connectivity index (χ2v) is 8.22. The first-order valence-electron chi connectivity index (χ1n) is 10.2. The van der Waals surface area contributed by atoms with Crippen molar-refractivity contribution in [2.45, 2.75) is 19.0 Å². The summed E-state index contributed by atoms with van der Waals surface area (Å²) in [6.45, 7) is -0.0490. The maximum absolute atomic E-state index is 14.5. The number of aromatic nitrogens is 5. The topological polar surface area (TPSA) is 115 Å². The van der Waals surface area contributed by atoms with E-state index in [0.717, 1.165) is 28.9 Å². The van der Waals surface area contributed by atoms with Crippen LogP contribution in [-0.4, -0.2) is 32.8 Å². The number of hydrogen-bond acceptors (Lipinski definition) is 6. The number of fused-ring (bicyclic) bond motifs is 1. The Labute approximate surface area is 201 Å². The van der Waals surface area contributed by atoms with Crippen molar-refractivity contribution in [3.63, 3.8) is 0 Å². The molecule has 0 aliphatic carbocycles. The van der Waals surface area contributed by atoms with Gasteiger partial charge in [-0.05, 0) is 24.3 Å². The second kappa shape index (κ2) is 9.92. The Balaban J connectivity index is 1.40. The SMILES string of the molecule is O=c1c(NCC(F)(F)c2cccc[n+]2[O-])ncc(Cl)n1CCNCc1[nH]nc2ccc(Cl)cc12. The van der Waals surface area contributed by atoms with Crippen LogP contribution in [-0.2, 0) is 19.0 Å². The van der Waals surface area contributed by atoms with Gasteiger partial charge in [0.2, 0.25) is 0 Å². The number of alkyl halides is 2. The molecule has 0 unspecified atom stereocenters. The van der Waals surface area contributed by atoms with Crippen molar-refractivity contribution in [2.24, 2.45) is 0 Å². The highest BCUT2D eigenvalue weighted by molar-refractivity contribution is 6.31. The lowest BCUT2D eigenvalue weighted by Gasteiger charge is -2.17. The average molecular weight is 510 g/mol. The third kappa shape index (κ3) is 5.11. The number of anilines is 1. The van der Waals surface area contributed by atoms with Gasteiger partial charge < -0.3 is 15.8 Å². The van der Waals surface area contributed by atoms with Crippen LogP contribution in [0.25, 0.3) is 10.9 Å². The van der Waals surface area contributed by atoms with E-state index in [4.69, 9.17) is 23.2 Å². The van der Waals surface area contributed by atoms with Crippen LogP contribution in [0.2, 0.25) is 10.2 Å². The molecular formula is C21H19Cl2F2N7O2. The highest BCUT2D eigenvalue weighted by atomic mass is 35.5. The first-order valence-corrected chi connectivity index (χ1v) is 10.9. The quantitative estimate of drug-likeness (QED) is 0.181. The number of hydrogen-bond donors (Lipinski definition) is 3. The first kappa shape index (κ1) is 23.9. The Hall–Kier alpha value is -3.28. The molecule has 0 bridgehead atoms. The zero-order valence-electron chi connectivity index (χ0n) is 17.6. The fraction of sp³-hybridized carbons (Fsp3) is 0.238. The third-order valence-electron chi connectivity index (χ3n) is 5.09. The van der Waals surface area contributed by atoms with Gasteiger partial charge in [-0.2, -0.15) is 18.6 Å². The Morgan fingerprint density at radius 2 is 2.06 bits per heavy atom. The van der Waals surface area contributed by atoms with Crippen molar-refractivity contribution in [3.8, 4) is 0 Å². The molecule has 1 aromatic carbocycles. The van der Waals surface area contributed by atoms with Gasteiger partial charge in [-0.15, -0.1) is 0 Å². The summed E-state index contributed by atoms with van der Waals surface area (Å²) >= 11 is 12.1. The smallest absolute Gasteiger partial charge is 0.347 e. The standard InChI is InChI=1S/C21H19Cl2F2N7O2/c22-13-4-5-15-14(9-13)16(30-29-15)10-26-6-8-31-18(23)11-27-19(20(31)33)28-12-21(24,25)17-3-1-2-7-32(17)34/h1-5,7,9,11,26H,6,8,10,12H2,(H,27,28)(H,29,30). The maximum Gasteiger partial charge on any atom is 0.347 e. The fourth-order valence-electron chi connectivity index (χ4n) is 3.37. The predicted molar refractivity (Wildman–Crippen MR) is 124 cm³/mol. The lowest BCUT2D eigenvalue weighted by Crippen LogP contribution is -2.41. The van der Waals surface area contributed by atoms with Crippen molar-refractivity contribution in [1.29, 1.82) is 0 Å². The fourth-order valence-corrected chi connectivity index (χ4v) is 3.75. The summed E-state index contributed by atoms with van der Waals surface area (Å²) in [7, 11) is 0. The van der Waals surface area contributed by atoms with E-state index < -0.39 is 23.7 Å². The number of H-pyrrole nitrogens is 1. The van der Waals surface area contributed by atoms with Crippen LogP contribution in [0.1, 0.15) is 11.4 Å². The normalized spacial score (nSPS) is 11.8. The van der Waals surface area contributed by atoms with Gasteiger partial charge in [0.15, 0.2) is 12.0 Å². The molecule has 3 N–H and O–H groups in total. The Kier molecular flexibility index (Phi) is 6.96. The van der Waals surface area contributed by atoms with Crippen molar-refractivity contribution < 1.29 is 13.5 Å². The second-order valence-electron chi connectivity index (χ2n) is 7.40. The van der Waals surface area contributed by atoms with E-state index in [1.807, 2.05) is 0 Å². The van der Waals surface area contributed by atoms with Gasteiger partial charge >= 0.3 is 5.92 Å². The highest BCUT2D eigenvalue weighted by Crippen LogP contribution is 2.25. The van der Waals surface area contributed by atoms with Gasteiger partial charge in [-0.3, -0.25) is 14.5 Å². The van der Waals surface area contributed by atoms with Crippen LogP contribution < -0.4 is 20.9 Å². The number of nitrogens with one attached hydrogen (secondary N) is 3. The molecule has 0 amide bonds. The van der Waals surface area contributed by atoms with Crippen LogP contribution in [0, 0.1) is 5.21 Å². The summed E-state index contributed by atoms with van der Waals surface area (Å²) < 4.78 is 30.2. The van der Waals surface area contributed by atoms with Gasteiger partial charge in [-0.1, -0.05) is 23.2 Å². The van der Waals surface area contributed by atoms with E-state index in [-0.39, 0.29) is 22.2 Å². The minimum atomic E-state index is -3.53. The molecule has 0 atom stereocenters. The Morgan fingerprint density at radius 3 is 2.85 bits per heavy atom. The van der Waals surface area contributed by atoms with Crippen molar-refractivity contribution in [1.82, 2.24) is 25.1 Å². The molecule has 0 aliphatic heterocycles.